The number of nitrogens with zero attached hydrogens (tertiary/aromatic N) is 5. The van der Waals surface area contributed by atoms with Crippen LogP contribution in [0.4, 0.5) is 22.7 Å². The summed E-state index contributed by atoms with van der Waals surface area (Å²) in [6.45, 7) is 0. The number of hydrogen-bond donors (Lipinski definition) is 3. The summed E-state index contributed by atoms with van der Waals surface area (Å²) in [5.74, 6) is -0.611. The number of nitro benzene ring substituents is 2. The first-order valence-corrected chi connectivity index (χ1v) is 13.0. The van der Waals surface area contributed by atoms with E-state index < -0.39 is 51.3 Å². The number of nitrogens with one attached hydrogen (secondary N) is 1. The van der Waals surface area contributed by atoms with Crippen molar-refractivity contribution in [3.8, 4) is 5.75 Å². The molecule has 0 fully saturated rings. The number of rotatable bonds is 9. The minimum Gasteiger partial charge on any atom is -0.494 e. The van der Waals surface area contributed by atoms with Crippen LogP contribution in [-0.4, -0.2) is 48.7 Å². The molecule has 17 nitrogen and oxygen atoms in total. The molecule has 0 aliphatic heterocycles. The van der Waals surface area contributed by atoms with Crippen LogP contribution in [-0.2, 0) is 20.2 Å². The van der Waals surface area contributed by atoms with Crippen LogP contribution in [0.5, 0.6) is 5.75 Å². The molecule has 0 spiro atoms. The number of nitro groups is 2. The van der Waals surface area contributed by atoms with E-state index in [1.807, 2.05) is 0 Å². The lowest BCUT2D eigenvalue weighted by Gasteiger charge is -2.10. The van der Waals surface area contributed by atoms with E-state index in [9.17, 15) is 46.2 Å². The SMILES string of the molecule is COc1cc([N+](=O)[O-])ccc1N/N=C(/N=N/c1ccc([N+](=O)[O-])cc1)c1ccc(S(=O)(=O)O)cc1S(=O)(=O)O. The van der Waals surface area contributed by atoms with Gasteiger partial charge in [0.1, 0.15) is 4.90 Å². The van der Waals surface area contributed by atoms with E-state index in [-0.39, 0.29) is 28.5 Å². The number of hydrogen-bond acceptors (Lipinski definition) is 12. The Hall–Kier alpha value is -4.85. The molecular formula is C20H16N6O11S2. The average Bonchev–Trinajstić information content (AvgIpc) is 2.87. The third kappa shape index (κ3) is 7.13. The van der Waals surface area contributed by atoms with Gasteiger partial charge in [-0.25, -0.2) is 0 Å². The van der Waals surface area contributed by atoms with Crippen LogP contribution in [0.25, 0.3) is 0 Å². The molecule has 3 rings (SSSR count). The molecule has 0 amide bonds. The highest BCUT2D eigenvalue weighted by molar-refractivity contribution is 7.86. The summed E-state index contributed by atoms with van der Waals surface area (Å²) in [7, 11) is -8.80. The molecule has 0 heterocycles. The van der Waals surface area contributed by atoms with E-state index in [4.69, 9.17) is 4.74 Å². The van der Waals surface area contributed by atoms with Crippen molar-refractivity contribution in [3.63, 3.8) is 0 Å². The van der Waals surface area contributed by atoms with Crippen LogP contribution in [0.3, 0.4) is 0 Å². The summed E-state index contributed by atoms with van der Waals surface area (Å²) in [6.07, 6.45) is 0. The molecule has 3 N–H and O–H groups in total. The molecule has 0 aliphatic rings. The molecule has 3 aromatic carbocycles. The summed E-state index contributed by atoms with van der Waals surface area (Å²) in [5, 5.41) is 33.5. The van der Waals surface area contributed by atoms with Crippen molar-refractivity contribution in [2.24, 2.45) is 15.3 Å². The van der Waals surface area contributed by atoms with Crippen molar-refractivity contribution in [1.82, 2.24) is 0 Å². The van der Waals surface area contributed by atoms with Gasteiger partial charge in [0.25, 0.3) is 31.6 Å². The first kappa shape index (κ1) is 28.7. The van der Waals surface area contributed by atoms with E-state index in [0.717, 1.165) is 36.4 Å². The first-order valence-electron chi connectivity index (χ1n) is 10.1. The molecule has 0 aliphatic carbocycles. The predicted molar refractivity (Wildman–Crippen MR) is 133 cm³/mol. The van der Waals surface area contributed by atoms with Crippen molar-refractivity contribution >= 4 is 48.8 Å². The lowest BCUT2D eigenvalue weighted by molar-refractivity contribution is -0.385. The Morgan fingerprint density at radius 3 is 2.03 bits per heavy atom. The number of anilines is 1. The summed E-state index contributed by atoms with van der Waals surface area (Å²) in [5.41, 5.74) is 1.54. The van der Waals surface area contributed by atoms with Crippen molar-refractivity contribution in [1.29, 1.82) is 0 Å². The first-order chi connectivity index (χ1) is 18.2. The molecule has 204 valence electrons. The maximum Gasteiger partial charge on any atom is 0.295 e. The molecule has 3 aromatic rings. The summed E-state index contributed by atoms with van der Waals surface area (Å²) >= 11 is 0. The number of methoxy groups -OCH3 is 1. The maximum absolute atomic E-state index is 12.1. The number of benzene rings is 3. The molecular weight excluding hydrogens is 564 g/mol. The van der Waals surface area contributed by atoms with Crippen molar-refractivity contribution < 1.29 is 40.5 Å². The Labute approximate surface area is 219 Å². The topological polar surface area (TPSA) is 253 Å². The van der Waals surface area contributed by atoms with Gasteiger partial charge in [-0.15, -0.1) is 10.2 Å². The number of amidine groups is 1. The minimum atomic E-state index is -5.13. The van der Waals surface area contributed by atoms with Gasteiger partial charge in [-0.1, -0.05) is 0 Å². The summed E-state index contributed by atoms with van der Waals surface area (Å²) in [6, 6.07) is 10.2. The van der Waals surface area contributed by atoms with Crippen molar-refractivity contribution in [2.75, 3.05) is 12.5 Å². The maximum atomic E-state index is 12.1. The largest absolute Gasteiger partial charge is 0.494 e. The molecule has 19 heteroatoms. The van der Waals surface area contributed by atoms with Gasteiger partial charge in [-0.3, -0.25) is 34.8 Å². The van der Waals surface area contributed by atoms with Gasteiger partial charge in [0.2, 0.25) is 5.84 Å². The van der Waals surface area contributed by atoms with E-state index >= 15 is 0 Å². The van der Waals surface area contributed by atoms with Crippen LogP contribution < -0.4 is 10.2 Å². The van der Waals surface area contributed by atoms with Crippen LogP contribution >= 0.6 is 0 Å². The van der Waals surface area contributed by atoms with Crippen molar-refractivity contribution in [2.45, 2.75) is 9.79 Å². The monoisotopic (exact) mass is 580 g/mol. The number of hydrazone groups is 1. The Morgan fingerprint density at radius 1 is 0.872 bits per heavy atom. The zero-order valence-electron chi connectivity index (χ0n) is 19.4. The molecule has 0 atom stereocenters. The molecule has 39 heavy (non-hydrogen) atoms. The zero-order chi connectivity index (χ0) is 29.0. The van der Waals surface area contributed by atoms with Gasteiger partial charge < -0.3 is 4.74 Å². The third-order valence-electron chi connectivity index (χ3n) is 4.77. The van der Waals surface area contributed by atoms with E-state index in [1.54, 1.807) is 0 Å². The second kappa shape index (κ2) is 11.3. The summed E-state index contributed by atoms with van der Waals surface area (Å²) < 4.78 is 71.3. The quantitative estimate of drug-likeness (QED) is 0.0820. The van der Waals surface area contributed by atoms with E-state index in [1.165, 1.54) is 25.3 Å². The Morgan fingerprint density at radius 2 is 1.49 bits per heavy atom. The fraction of sp³-hybridized carbons (Fsp3) is 0.0500. The van der Waals surface area contributed by atoms with Crippen LogP contribution in [0.2, 0.25) is 0 Å². The minimum absolute atomic E-state index is 0.0451. The van der Waals surface area contributed by atoms with Crippen molar-refractivity contribution in [3.05, 3.63) is 86.5 Å². The normalized spacial score (nSPS) is 12.3. The Bertz CT molecular complexity index is 1720. The fourth-order valence-corrected chi connectivity index (χ4v) is 4.24. The lowest BCUT2D eigenvalue weighted by Crippen LogP contribution is -2.11. The molecule has 0 radical (unpaired) electrons. The van der Waals surface area contributed by atoms with Gasteiger partial charge in [-0.2, -0.15) is 21.9 Å². The van der Waals surface area contributed by atoms with Crippen LogP contribution in [0.1, 0.15) is 5.56 Å². The molecule has 0 saturated heterocycles. The van der Waals surface area contributed by atoms with E-state index in [2.05, 4.69) is 20.8 Å². The third-order valence-corrected chi connectivity index (χ3v) is 6.51. The highest BCUT2D eigenvalue weighted by atomic mass is 32.2. The van der Waals surface area contributed by atoms with Gasteiger partial charge in [0.05, 0.1) is 39.3 Å². The molecule has 0 bridgehead atoms. The second-order valence-corrected chi connectivity index (χ2v) is 10.1. The van der Waals surface area contributed by atoms with Crippen LogP contribution in [0.15, 0.2) is 85.8 Å². The fourth-order valence-electron chi connectivity index (χ4n) is 2.94. The number of azo groups is 1. The predicted octanol–water partition coefficient (Wildman–Crippen LogP) is 3.56. The Kier molecular flexibility index (Phi) is 8.30. The van der Waals surface area contributed by atoms with Gasteiger partial charge in [-0.05, 0) is 36.4 Å². The molecule has 0 unspecified atom stereocenters. The van der Waals surface area contributed by atoms with Gasteiger partial charge in [0, 0.05) is 23.8 Å². The molecule has 0 aromatic heterocycles. The second-order valence-electron chi connectivity index (χ2n) is 7.27. The zero-order valence-corrected chi connectivity index (χ0v) is 21.0. The summed E-state index contributed by atoms with van der Waals surface area (Å²) in [4.78, 5) is 18.7. The number of ether oxygens (including phenoxy) is 1. The van der Waals surface area contributed by atoms with Gasteiger partial charge >= 0.3 is 0 Å². The Balaban J connectivity index is 2.17. The number of non-ortho nitro benzene ring substituents is 2. The highest BCUT2D eigenvalue weighted by Gasteiger charge is 2.24. The highest BCUT2D eigenvalue weighted by Crippen LogP contribution is 2.30. The smallest absolute Gasteiger partial charge is 0.295 e. The average molecular weight is 581 g/mol. The van der Waals surface area contributed by atoms with Crippen LogP contribution in [0, 0.1) is 20.2 Å². The van der Waals surface area contributed by atoms with Gasteiger partial charge in [0.15, 0.2) is 5.75 Å². The lowest BCUT2D eigenvalue weighted by atomic mass is 10.2. The standard InChI is InChI=1S/C20H16N6O11S2/c1-37-18-10-14(26(29)30)6-9-17(18)22-24-20(23-21-12-2-4-13(5-3-12)25(27)28)16-8-7-15(38(31,32)33)11-19(16)39(34,35)36/h2-11,22H,1H3,(H,31,32,33)(H,34,35,36)/b23-21+,24-20+. The molecule has 0 saturated carbocycles. The van der Waals surface area contributed by atoms with E-state index in [0.29, 0.717) is 6.07 Å².